The van der Waals surface area contributed by atoms with Crippen LogP contribution in [0.4, 0.5) is 11.4 Å². The zero-order valence-electron chi connectivity index (χ0n) is 12.9. The van der Waals surface area contributed by atoms with E-state index in [1.807, 2.05) is 26.8 Å². The Balaban J connectivity index is 2.08. The van der Waals surface area contributed by atoms with E-state index in [1.165, 1.54) is 5.56 Å². The van der Waals surface area contributed by atoms with E-state index < -0.39 is 0 Å². The van der Waals surface area contributed by atoms with Crippen molar-refractivity contribution in [1.82, 2.24) is 5.32 Å². The second-order valence-electron chi connectivity index (χ2n) is 6.29. The largest absolute Gasteiger partial charge is 0.398 e. The maximum absolute atomic E-state index is 12.2. The summed E-state index contributed by atoms with van der Waals surface area (Å²) in [4.78, 5) is 14.3. The van der Waals surface area contributed by atoms with Crippen LogP contribution in [-0.4, -0.2) is 24.5 Å². The Kier molecular flexibility index (Phi) is 3.93. The number of nitrogen functional groups attached to an aromatic ring is 1. The molecule has 110 valence electrons. The lowest BCUT2D eigenvalue weighted by Gasteiger charge is -2.27. The van der Waals surface area contributed by atoms with Gasteiger partial charge >= 0.3 is 0 Å². The standard InChI is InChI=1S/C16H25N3O/c1-5-16(3,4)18-15(20)10-19-7-6-12-8-11(2)13(17)9-14(12)19/h8-9H,5-7,10,17H2,1-4H3,(H,18,20). The minimum Gasteiger partial charge on any atom is -0.398 e. The van der Waals surface area contributed by atoms with Crippen molar-refractivity contribution in [3.8, 4) is 0 Å². The van der Waals surface area contributed by atoms with Crippen LogP contribution in [0.25, 0.3) is 0 Å². The molecule has 1 aromatic rings. The number of rotatable bonds is 4. The number of benzene rings is 1. The maximum Gasteiger partial charge on any atom is 0.239 e. The van der Waals surface area contributed by atoms with Crippen LogP contribution >= 0.6 is 0 Å². The van der Waals surface area contributed by atoms with Gasteiger partial charge in [0.05, 0.1) is 6.54 Å². The highest BCUT2D eigenvalue weighted by Crippen LogP contribution is 2.31. The molecule has 20 heavy (non-hydrogen) atoms. The van der Waals surface area contributed by atoms with Crippen molar-refractivity contribution in [2.45, 2.75) is 46.1 Å². The highest BCUT2D eigenvalue weighted by Gasteiger charge is 2.24. The van der Waals surface area contributed by atoms with Crippen molar-refractivity contribution >= 4 is 17.3 Å². The molecule has 0 radical (unpaired) electrons. The predicted molar refractivity (Wildman–Crippen MR) is 84.0 cm³/mol. The van der Waals surface area contributed by atoms with Gasteiger partial charge in [-0.1, -0.05) is 13.0 Å². The van der Waals surface area contributed by atoms with Crippen LogP contribution in [0, 0.1) is 6.92 Å². The van der Waals surface area contributed by atoms with E-state index in [9.17, 15) is 4.79 Å². The number of hydrogen-bond acceptors (Lipinski definition) is 3. The van der Waals surface area contributed by atoms with Gasteiger partial charge in [-0.25, -0.2) is 0 Å². The second kappa shape index (κ2) is 5.35. The average Bonchev–Trinajstić information content (AvgIpc) is 2.72. The molecule has 4 nitrogen and oxygen atoms in total. The number of aryl methyl sites for hydroxylation is 1. The van der Waals surface area contributed by atoms with Crippen LogP contribution in [0.5, 0.6) is 0 Å². The fourth-order valence-electron chi connectivity index (χ4n) is 2.49. The molecule has 1 aromatic carbocycles. The number of nitrogens with zero attached hydrogens (tertiary/aromatic N) is 1. The van der Waals surface area contributed by atoms with E-state index in [0.29, 0.717) is 6.54 Å². The van der Waals surface area contributed by atoms with Gasteiger partial charge in [0.25, 0.3) is 0 Å². The minimum absolute atomic E-state index is 0.0730. The van der Waals surface area contributed by atoms with Gasteiger partial charge in [0.15, 0.2) is 0 Å². The van der Waals surface area contributed by atoms with Gasteiger partial charge in [-0.05, 0) is 50.8 Å². The van der Waals surface area contributed by atoms with Crippen molar-refractivity contribution in [3.63, 3.8) is 0 Å². The molecule has 0 saturated heterocycles. The highest BCUT2D eigenvalue weighted by atomic mass is 16.2. The maximum atomic E-state index is 12.2. The summed E-state index contributed by atoms with van der Waals surface area (Å²) in [6, 6.07) is 4.13. The summed E-state index contributed by atoms with van der Waals surface area (Å²) in [7, 11) is 0. The molecule has 4 heteroatoms. The van der Waals surface area contributed by atoms with Gasteiger partial charge < -0.3 is 16.0 Å². The van der Waals surface area contributed by atoms with Crippen LogP contribution in [0.3, 0.4) is 0 Å². The first-order chi connectivity index (χ1) is 9.32. The second-order valence-corrected chi connectivity index (χ2v) is 6.29. The molecule has 1 aliphatic heterocycles. The fourth-order valence-corrected chi connectivity index (χ4v) is 2.49. The van der Waals surface area contributed by atoms with E-state index >= 15 is 0 Å². The molecular weight excluding hydrogens is 250 g/mol. The van der Waals surface area contributed by atoms with Crippen LogP contribution in [-0.2, 0) is 11.2 Å². The predicted octanol–water partition coefficient (Wildman–Crippen LogP) is 2.24. The van der Waals surface area contributed by atoms with Crippen molar-refractivity contribution in [1.29, 1.82) is 0 Å². The summed E-state index contributed by atoms with van der Waals surface area (Å²) in [6.07, 6.45) is 1.91. The highest BCUT2D eigenvalue weighted by molar-refractivity contribution is 5.83. The quantitative estimate of drug-likeness (QED) is 0.829. The van der Waals surface area contributed by atoms with Crippen molar-refractivity contribution in [3.05, 3.63) is 23.3 Å². The van der Waals surface area contributed by atoms with Crippen LogP contribution in [0.15, 0.2) is 12.1 Å². The first kappa shape index (κ1) is 14.7. The van der Waals surface area contributed by atoms with E-state index in [0.717, 1.165) is 36.3 Å². The van der Waals surface area contributed by atoms with Gasteiger partial charge in [0.2, 0.25) is 5.91 Å². The molecule has 1 aliphatic rings. The molecule has 0 bridgehead atoms. The van der Waals surface area contributed by atoms with E-state index in [2.05, 4.69) is 23.2 Å². The Hall–Kier alpha value is -1.71. The van der Waals surface area contributed by atoms with Crippen LogP contribution < -0.4 is 16.0 Å². The zero-order valence-corrected chi connectivity index (χ0v) is 12.9. The third kappa shape index (κ3) is 3.06. The SMILES string of the molecule is CCC(C)(C)NC(=O)CN1CCc2cc(C)c(N)cc21. The number of carbonyl (C=O) groups excluding carboxylic acids is 1. The van der Waals surface area contributed by atoms with E-state index in [1.54, 1.807) is 0 Å². The lowest BCUT2D eigenvalue weighted by molar-refractivity contribution is -0.121. The number of nitrogens with two attached hydrogens (primary N) is 1. The molecule has 0 unspecified atom stereocenters. The Morgan fingerprint density at radius 1 is 1.45 bits per heavy atom. The van der Waals surface area contributed by atoms with Gasteiger partial charge in [0, 0.05) is 23.5 Å². The van der Waals surface area contributed by atoms with E-state index in [-0.39, 0.29) is 11.4 Å². The number of carbonyl (C=O) groups is 1. The van der Waals surface area contributed by atoms with Crippen LogP contribution in [0.1, 0.15) is 38.3 Å². The molecule has 2 rings (SSSR count). The molecule has 3 N–H and O–H groups in total. The number of nitrogens with one attached hydrogen (secondary N) is 1. The van der Waals surface area contributed by atoms with Gasteiger partial charge in [-0.2, -0.15) is 0 Å². The monoisotopic (exact) mass is 275 g/mol. The van der Waals surface area contributed by atoms with E-state index in [4.69, 9.17) is 5.73 Å². The molecule has 0 saturated carbocycles. The Morgan fingerprint density at radius 3 is 2.80 bits per heavy atom. The number of anilines is 2. The number of fused-ring (bicyclic) bond motifs is 1. The Bertz CT molecular complexity index is 523. The summed E-state index contributed by atoms with van der Waals surface area (Å²) < 4.78 is 0. The first-order valence-corrected chi connectivity index (χ1v) is 7.27. The lowest BCUT2D eigenvalue weighted by Crippen LogP contribution is -2.47. The molecule has 1 heterocycles. The fraction of sp³-hybridized carbons (Fsp3) is 0.562. The third-order valence-corrected chi connectivity index (χ3v) is 4.16. The average molecular weight is 275 g/mol. The Morgan fingerprint density at radius 2 is 2.15 bits per heavy atom. The Labute approximate surface area is 121 Å². The normalized spacial score (nSPS) is 14.3. The molecule has 0 fully saturated rings. The zero-order chi connectivity index (χ0) is 14.9. The van der Waals surface area contributed by atoms with Gasteiger partial charge in [-0.3, -0.25) is 4.79 Å². The van der Waals surface area contributed by atoms with Gasteiger partial charge in [-0.15, -0.1) is 0 Å². The summed E-state index contributed by atoms with van der Waals surface area (Å²) in [6.45, 7) is 9.48. The molecule has 1 amide bonds. The summed E-state index contributed by atoms with van der Waals surface area (Å²) in [5.41, 5.74) is 10.1. The molecule has 0 aromatic heterocycles. The summed E-state index contributed by atoms with van der Waals surface area (Å²) >= 11 is 0. The number of amides is 1. The van der Waals surface area contributed by atoms with Crippen LogP contribution in [0.2, 0.25) is 0 Å². The first-order valence-electron chi connectivity index (χ1n) is 7.27. The molecule has 0 spiro atoms. The third-order valence-electron chi connectivity index (χ3n) is 4.16. The lowest BCUT2D eigenvalue weighted by atomic mass is 10.0. The van der Waals surface area contributed by atoms with Crippen molar-refractivity contribution in [2.24, 2.45) is 0 Å². The van der Waals surface area contributed by atoms with Gasteiger partial charge in [0.1, 0.15) is 0 Å². The molecule has 0 atom stereocenters. The number of hydrogen-bond donors (Lipinski definition) is 2. The smallest absolute Gasteiger partial charge is 0.239 e. The molecular formula is C16H25N3O. The topological polar surface area (TPSA) is 58.4 Å². The minimum atomic E-state index is -0.147. The molecule has 0 aliphatic carbocycles. The van der Waals surface area contributed by atoms with Crippen molar-refractivity contribution in [2.75, 3.05) is 23.7 Å². The van der Waals surface area contributed by atoms with Crippen molar-refractivity contribution < 1.29 is 4.79 Å². The summed E-state index contributed by atoms with van der Waals surface area (Å²) in [5, 5.41) is 3.08. The summed E-state index contributed by atoms with van der Waals surface area (Å²) in [5.74, 6) is 0.0730.